The second kappa shape index (κ2) is 14.7. The summed E-state index contributed by atoms with van der Waals surface area (Å²) in [6, 6.07) is -4.45. The topological polar surface area (TPSA) is 268 Å². The summed E-state index contributed by atoms with van der Waals surface area (Å²) < 4.78 is 16.8. The van der Waals surface area contributed by atoms with Crippen molar-refractivity contribution < 1.29 is 69.4 Å². The molecule has 40 heavy (non-hydrogen) atoms. The SMILES string of the molecule is CC(=O)N[C@@H]1[C@@H](OC(C)CN(C2O[C@H](CO)[C@@H](O)[C@H](O)[C@H]2NC(C)=O)[C@H](C(=O)O)[C@@H](C)O)[C@H](O)[C@@H](CO)O[C@@H]1O. The molecule has 2 unspecified atom stereocenters. The zero-order chi connectivity index (χ0) is 30.5. The third-order valence-electron chi connectivity index (χ3n) is 6.76. The summed E-state index contributed by atoms with van der Waals surface area (Å²) in [5, 5.41) is 86.6. The van der Waals surface area contributed by atoms with Gasteiger partial charge in [0.1, 0.15) is 54.9 Å². The minimum absolute atomic E-state index is 0.416. The number of nitrogens with one attached hydrogen (secondary N) is 2. The average Bonchev–Trinajstić information content (AvgIpc) is 2.85. The van der Waals surface area contributed by atoms with E-state index in [4.69, 9.17) is 14.2 Å². The van der Waals surface area contributed by atoms with Crippen LogP contribution in [0.4, 0.5) is 0 Å². The molecule has 17 nitrogen and oxygen atoms in total. The van der Waals surface area contributed by atoms with Crippen LogP contribution in [0.15, 0.2) is 0 Å². The van der Waals surface area contributed by atoms with Gasteiger partial charge in [-0.25, -0.2) is 0 Å². The van der Waals surface area contributed by atoms with Crippen LogP contribution in [0.3, 0.4) is 0 Å². The summed E-state index contributed by atoms with van der Waals surface area (Å²) in [6.45, 7) is 2.99. The number of hydrogen-bond acceptors (Lipinski definition) is 14. The van der Waals surface area contributed by atoms with Crippen LogP contribution in [0, 0.1) is 0 Å². The van der Waals surface area contributed by atoms with Crippen LogP contribution < -0.4 is 10.6 Å². The first-order valence-corrected chi connectivity index (χ1v) is 12.8. The number of aliphatic carboxylic acids is 1. The van der Waals surface area contributed by atoms with Gasteiger partial charge < -0.3 is 65.7 Å². The van der Waals surface area contributed by atoms with Crippen molar-refractivity contribution in [2.75, 3.05) is 19.8 Å². The van der Waals surface area contributed by atoms with Gasteiger partial charge in [0, 0.05) is 20.4 Å². The fraction of sp³-hybridized carbons (Fsp3) is 0.870. The molecule has 2 aliphatic rings. The van der Waals surface area contributed by atoms with Gasteiger partial charge in [0.2, 0.25) is 11.8 Å². The first-order valence-electron chi connectivity index (χ1n) is 12.8. The van der Waals surface area contributed by atoms with Crippen molar-refractivity contribution in [1.82, 2.24) is 15.5 Å². The highest BCUT2D eigenvalue weighted by atomic mass is 16.6. The third-order valence-corrected chi connectivity index (χ3v) is 6.76. The Morgan fingerprint density at radius 2 is 1.40 bits per heavy atom. The van der Waals surface area contributed by atoms with E-state index in [1.54, 1.807) is 0 Å². The van der Waals surface area contributed by atoms with E-state index in [2.05, 4.69) is 10.6 Å². The fourth-order valence-electron chi connectivity index (χ4n) is 5.02. The lowest BCUT2D eigenvalue weighted by Gasteiger charge is -2.49. The van der Waals surface area contributed by atoms with Crippen molar-refractivity contribution in [2.24, 2.45) is 0 Å². The van der Waals surface area contributed by atoms with Gasteiger partial charge >= 0.3 is 5.97 Å². The molecule has 232 valence electrons. The molecule has 0 aromatic rings. The van der Waals surface area contributed by atoms with Crippen LogP contribution in [0.25, 0.3) is 0 Å². The summed E-state index contributed by atoms with van der Waals surface area (Å²) >= 11 is 0. The highest BCUT2D eigenvalue weighted by Gasteiger charge is 2.51. The molecular weight excluding hydrogens is 542 g/mol. The van der Waals surface area contributed by atoms with Crippen molar-refractivity contribution in [3.8, 4) is 0 Å². The van der Waals surface area contributed by atoms with E-state index >= 15 is 0 Å². The first kappa shape index (κ1) is 34.2. The van der Waals surface area contributed by atoms with Gasteiger partial charge in [0.15, 0.2) is 6.29 Å². The monoisotopic (exact) mass is 583 g/mol. The summed E-state index contributed by atoms with van der Waals surface area (Å²) in [4.78, 5) is 37.0. The summed E-state index contributed by atoms with van der Waals surface area (Å²) in [5.41, 5.74) is 0. The molecule has 17 heteroatoms. The van der Waals surface area contributed by atoms with Gasteiger partial charge in [-0.05, 0) is 13.8 Å². The molecule has 2 aliphatic heterocycles. The molecule has 0 saturated carbocycles. The molecule has 2 amide bonds. The minimum atomic E-state index is -1.73. The number of aliphatic hydroxyl groups excluding tert-OH is 7. The van der Waals surface area contributed by atoms with Crippen LogP contribution in [-0.2, 0) is 28.6 Å². The predicted molar refractivity (Wildman–Crippen MR) is 131 cm³/mol. The number of amides is 2. The van der Waals surface area contributed by atoms with E-state index in [1.807, 2.05) is 0 Å². The van der Waals surface area contributed by atoms with Crippen LogP contribution in [0.5, 0.6) is 0 Å². The number of carbonyl (C=O) groups is 3. The quantitative estimate of drug-likeness (QED) is 0.103. The number of carbonyl (C=O) groups excluding carboxylic acids is 2. The largest absolute Gasteiger partial charge is 0.480 e. The fourth-order valence-corrected chi connectivity index (χ4v) is 5.02. The Morgan fingerprint density at radius 1 is 0.875 bits per heavy atom. The van der Waals surface area contributed by atoms with E-state index in [9.17, 15) is 55.2 Å². The molecule has 0 radical (unpaired) electrons. The van der Waals surface area contributed by atoms with Crippen LogP contribution in [-0.4, -0.2) is 163 Å². The van der Waals surface area contributed by atoms with Crippen LogP contribution in [0.1, 0.15) is 27.7 Å². The standard InChI is InChI=1S/C23H41N3O14/c1-8(38-20-15(25-11(4)31)23(37)40-13(7-28)18(20)33)5-26(16(9(2)29)22(35)36)21-14(24-10(3)30)19(34)17(32)12(6-27)39-21/h8-9,12-21,23,27-29,32-34,37H,5-7H2,1-4H3,(H,24,30)(H,25,31)(H,35,36)/t8?,9-,12-,13-,14-,15-,16+,17-,18-,19-,20-,21?,23+/m1/s1. The number of ether oxygens (including phenoxy) is 3. The Bertz CT molecular complexity index is 865. The van der Waals surface area contributed by atoms with Crippen molar-refractivity contribution in [3.63, 3.8) is 0 Å². The molecule has 2 rings (SSSR count). The molecule has 13 atom stereocenters. The highest BCUT2D eigenvalue weighted by molar-refractivity contribution is 5.75. The lowest BCUT2D eigenvalue weighted by Crippen LogP contribution is -2.71. The Morgan fingerprint density at radius 3 is 1.88 bits per heavy atom. The first-order chi connectivity index (χ1) is 18.6. The van der Waals surface area contributed by atoms with Gasteiger partial charge in [-0.2, -0.15) is 0 Å². The van der Waals surface area contributed by atoms with Gasteiger partial charge in [-0.15, -0.1) is 0 Å². The average molecular weight is 584 g/mol. The van der Waals surface area contributed by atoms with Gasteiger partial charge in [-0.3, -0.25) is 19.3 Å². The van der Waals surface area contributed by atoms with Crippen molar-refractivity contribution in [2.45, 2.75) is 107 Å². The number of nitrogens with zero attached hydrogens (tertiary/aromatic N) is 1. The Balaban J connectivity index is 2.46. The summed E-state index contributed by atoms with van der Waals surface area (Å²) in [6.07, 6.45) is -14.8. The molecule has 2 heterocycles. The molecule has 0 spiro atoms. The third kappa shape index (κ3) is 8.04. The number of rotatable bonds is 12. The summed E-state index contributed by atoms with van der Waals surface area (Å²) in [5.74, 6) is -2.78. The van der Waals surface area contributed by atoms with Crippen LogP contribution >= 0.6 is 0 Å². The molecule has 2 fully saturated rings. The summed E-state index contributed by atoms with van der Waals surface area (Å²) in [7, 11) is 0. The minimum Gasteiger partial charge on any atom is -0.480 e. The van der Waals surface area contributed by atoms with Crippen molar-refractivity contribution in [1.29, 1.82) is 0 Å². The maximum absolute atomic E-state index is 12.3. The van der Waals surface area contributed by atoms with Crippen LogP contribution in [0.2, 0.25) is 0 Å². The maximum atomic E-state index is 12.3. The number of carboxylic acids is 1. The Labute approximate surface area is 230 Å². The van der Waals surface area contributed by atoms with E-state index in [0.717, 1.165) is 18.7 Å². The predicted octanol–water partition coefficient (Wildman–Crippen LogP) is -5.59. The Kier molecular flexibility index (Phi) is 12.6. The molecule has 10 N–H and O–H groups in total. The zero-order valence-electron chi connectivity index (χ0n) is 22.6. The molecule has 0 aliphatic carbocycles. The molecular formula is C23H41N3O14. The van der Waals surface area contributed by atoms with Gasteiger partial charge in [-0.1, -0.05) is 0 Å². The van der Waals surface area contributed by atoms with Crippen molar-refractivity contribution in [3.05, 3.63) is 0 Å². The number of aliphatic hydroxyl groups is 7. The lowest BCUT2D eigenvalue weighted by molar-refractivity contribution is -0.273. The number of hydrogen-bond donors (Lipinski definition) is 10. The smallest absolute Gasteiger partial charge is 0.323 e. The molecule has 0 aromatic carbocycles. The Hall–Kier alpha value is -2.03. The lowest BCUT2D eigenvalue weighted by atomic mass is 9.93. The number of carboxylic acid groups (broad SMARTS) is 1. The second-order valence-corrected chi connectivity index (χ2v) is 10.1. The van der Waals surface area contributed by atoms with E-state index in [1.165, 1.54) is 13.8 Å². The van der Waals surface area contributed by atoms with E-state index < -0.39 is 117 Å². The molecule has 0 aromatic heterocycles. The van der Waals surface area contributed by atoms with Gasteiger partial charge in [0.05, 0.1) is 31.5 Å². The molecule has 0 bridgehead atoms. The molecule has 2 saturated heterocycles. The normalized spacial score (nSPS) is 36.9. The zero-order valence-corrected chi connectivity index (χ0v) is 22.6. The highest BCUT2D eigenvalue weighted by Crippen LogP contribution is 2.28. The van der Waals surface area contributed by atoms with Crippen molar-refractivity contribution >= 4 is 17.8 Å². The van der Waals surface area contributed by atoms with E-state index in [-0.39, 0.29) is 0 Å². The second-order valence-electron chi connectivity index (χ2n) is 10.1. The maximum Gasteiger partial charge on any atom is 0.323 e. The van der Waals surface area contributed by atoms with Gasteiger partial charge in [0.25, 0.3) is 0 Å². The van der Waals surface area contributed by atoms with E-state index in [0.29, 0.717) is 0 Å².